The van der Waals surface area contributed by atoms with E-state index in [1.165, 1.54) is 6.42 Å². The van der Waals surface area contributed by atoms with Crippen LogP contribution in [0.4, 0.5) is 5.69 Å². The summed E-state index contributed by atoms with van der Waals surface area (Å²) in [5.74, 6) is -1.20. The number of benzene rings is 1. The number of aromatic nitrogens is 1. The summed E-state index contributed by atoms with van der Waals surface area (Å²) in [5, 5.41) is 11.5. The van der Waals surface area contributed by atoms with E-state index >= 15 is 0 Å². The van der Waals surface area contributed by atoms with Crippen molar-refractivity contribution in [1.29, 1.82) is 0 Å². The Kier molecular flexibility index (Phi) is 6.13. The largest absolute Gasteiger partial charge is 0.378 e. The topological polar surface area (TPSA) is 62.7 Å². The van der Waals surface area contributed by atoms with Crippen molar-refractivity contribution in [3.63, 3.8) is 0 Å². The average Bonchev–Trinajstić information content (AvgIpc) is 2.69. The highest BCUT2D eigenvalue weighted by Gasteiger charge is 2.39. The normalized spacial score (nSPS) is 18.9. The van der Waals surface area contributed by atoms with E-state index in [1.807, 2.05) is 43.3 Å². The Balaban J connectivity index is 1.96. The Morgan fingerprint density at radius 2 is 1.69 bits per heavy atom. The highest BCUT2D eigenvalue weighted by molar-refractivity contribution is 7.67. The Morgan fingerprint density at radius 3 is 2.27 bits per heavy atom. The van der Waals surface area contributed by atoms with Crippen molar-refractivity contribution < 1.29 is 14.2 Å². The molecule has 1 aromatic carbocycles. The van der Waals surface area contributed by atoms with Crippen LogP contribution < -0.4 is 10.2 Å². The summed E-state index contributed by atoms with van der Waals surface area (Å²) in [6.07, 6.45) is 8.25. The molecule has 2 atom stereocenters. The molecule has 0 saturated heterocycles. The van der Waals surface area contributed by atoms with Gasteiger partial charge < -0.3 is 14.5 Å². The van der Waals surface area contributed by atoms with Crippen molar-refractivity contribution in [1.82, 2.24) is 4.98 Å². The maximum absolute atomic E-state index is 14.0. The van der Waals surface area contributed by atoms with Crippen molar-refractivity contribution in [2.45, 2.75) is 44.1 Å². The molecule has 0 aliphatic heterocycles. The van der Waals surface area contributed by atoms with Gasteiger partial charge in [0.2, 0.25) is 0 Å². The van der Waals surface area contributed by atoms with Crippen molar-refractivity contribution in [2.75, 3.05) is 19.0 Å². The second-order valence-corrected chi connectivity index (χ2v) is 9.44. The van der Waals surface area contributed by atoms with E-state index in [-0.39, 0.29) is 6.10 Å². The van der Waals surface area contributed by atoms with E-state index in [4.69, 9.17) is 4.52 Å². The van der Waals surface area contributed by atoms with Gasteiger partial charge in [-0.2, -0.15) is 0 Å². The molecule has 0 amide bonds. The van der Waals surface area contributed by atoms with Gasteiger partial charge in [-0.1, -0.05) is 19.3 Å². The van der Waals surface area contributed by atoms with Gasteiger partial charge in [-0.15, -0.1) is 0 Å². The van der Waals surface area contributed by atoms with Gasteiger partial charge in [0.25, 0.3) is 7.37 Å². The molecule has 26 heavy (non-hydrogen) atoms. The molecular formula is C20H27N2O3P. The van der Waals surface area contributed by atoms with Crippen LogP contribution in [-0.4, -0.2) is 30.3 Å². The highest BCUT2D eigenvalue weighted by Crippen LogP contribution is 2.59. The summed E-state index contributed by atoms with van der Waals surface area (Å²) in [6, 6.07) is 10.8. The van der Waals surface area contributed by atoms with Crippen LogP contribution in [0.5, 0.6) is 0 Å². The van der Waals surface area contributed by atoms with Crippen LogP contribution in [0, 0.1) is 0 Å². The van der Waals surface area contributed by atoms with Gasteiger partial charge in [-0.25, -0.2) is 0 Å². The quantitative estimate of drug-likeness (QED) is 0.772. The van der Waals surface area contributed by atoms with Gasteiger partial charge in [0.15, 0.2) is 5.85 Å². The van der Waals surface area contributed by atoms with Gasteiger partial charge >= 0.3 is 0 Å². The molecule has 3 rings (SSSR count). The minimum absolute atomic E-state index is 0.0698. The molecule has 1 heterocycles. The minimum atomic E-state index is -3.49. The van der Waals surface area contributed by atoms with E-state index in [1.54, 1.807) is 24.5 Å². The number of aliphatic hydroxyl groups excluding tert-OH is 1. The lowest BCUT2D eigenvalue weighted by Crippen LogP contribution is -2.22. The lowest BCUT2D eigenvalue weighted by atomic mass is 9.98. The number of pyridine rings is 1. The predicted octanol–water partition coefficient (Wildman–Crippen LogP) is 4.09. The SMILES string of the molecule is CN(C)c1ccc([P@@](=O)(OC2CCCCC2)[C@@H](O)c2ccncc2)cc1. The van der Waals surface area contributed by atoms with Crippen LogP contribution in [0.25, 0.3) is 0 Å². The zero-order valence-corrected chi connectivity index (χ0v) is 16.3. The van der Waals surface area contributed by atoms with Crippen molar-refractivity contribution >= 4 is 18.4 Å². The van der Waals surface area contributed by atoms with Gasteiger partial charge in [0.05, 0.1) is 6.10 Å². The van der Waals surface area contributed by atoms with E-state index in [9.17, 15) is 9.67 Å². The second-order valence-electron chi connectivity index (χ2n) is 7.03. The minimum Gasteiger partial charge on any atom is -0.378 e. The smallest absolute Gasteiger partial charge is 0.264 e. The van der Waals surface area contributed by atoms with Crippen molar-refractivity contribution in [3.8, 4) is 0 Å². The molecule has 1 saturated carbocycles. The van der Waals surface area contributed by atoms with Crippen LogP contribution in [-0.2, 0) is 9.09 Å². The van der Waals surface area contributed by atoms with Gasteiger partial charge in [0.1, 0.15) is 0 Å². The fourth-order valence-electron chi connectivity index (χ4n) is 3.34. The van der Waals surface area contributed by atoms with Crippen LogP contribution in [0.2, 0.25) is 0 Å². The lowest BCUT2D eigenvalue weighted by Gasteiger charge is -2.31. The molecule has 0 radical (unpaired) electrons. The monoisotopic (exact) mass is 374 g/mol. The predicted molar refractivity (Wildman–Crippen MR) is 105 cm³/mol. The molecule has 140 valence electrons. The number of aliphatic hydroxyl groups is 1. The zero-order chi connectivity index (χ0) is 18.6. The summed E-state index contributed by atoms with van der Waals surface area (Å²) in [7, 11) is 0.421. The van der Waals surface area contributed by atoms with Gasteiger partial charge in [-0.05, 0) is 54.8 Å². The summed E-state index contributed by atoms with van der Waals surface area (Å²) in [4.78, 5) is 5.96. The molecular weight excluding hydrogens is 347 g/mol. The molecule has 0 bridgehead atoms. The number of hydrogen-bond acceptors (Lipinski definition) is 5. The molecule has 1 aliphatic carbocycles. The third-order valence-electron chi connectivity index (χ3n) is 4.91. The third-order valence-corrected chi connectivity index (χ3v) is 7.48. The molecule has 5 nitrogen and oxygen atoms in total. The molecule has 0 spiro atoms. The maximum Gasteiger partial charge on any atom is 0.264 e. The maximum atomic E-state index is 14.0. The number of hydrogen-bond donors (Lipinski definition) is 1. The molecule has 6 heteroatoms. The Morgan fingerprint density at radius 1 is 1.08 bits per heavy atom. The van der Waals surface area contributed by atoms with E-state index in [0.29, 0.717) is 10.9 Å². The first-order chi connectivity index (χ1) is 12.5. The number of nitrogens with zero attached hydrogens (tertiary/aromatic N) is 2. The summed E-state index contributed by atoms with van der Waals surface area (Å²) in [5.41, 5.74) is 1.58. The summed E-state index contributed by atoms with van der Waals surface area (Å²) >= 11 is 0. The first-order valence-electron chi connectivity index (χ1n) is 9.15. The molecule has 1 aliphatic rings. The molecule has 1 fully saturated rings. The highest BCUT2D eigenvalue weighted by atomic mass is 31.2. The first-order valence-corrected chi connectivity index (χ1v) is 10.8. The Bertz CT molecular complexity index is 743. The summed E-state index contributed by atoms with van der Waals surface area (Å²) < 4.78 is 20.1. The number of anilines is 1. The Labute approximate surface area is 155 Å². The van der Waals surface area contributed by atoms with E-state index in [2.05, 4.69) is 4.98 Å². The second kappa shape index (κ2) is 8.34. The van der Waals surface area contributed by atoms with E-state index < -0.39 is 13.2 Å². The molecule has 0 unspecified atom stereocenters. The first kappa shape index (κ1) is 19.1. The molecule has 1 N–H and O–H groups in total. The third kappa shape index (κ3) is 4.17. The van der Waals surface area contributed by atoms with Crippen LogP contribution in [0.15, 0.2) is 48.8 Å². The lowest BCUT2D eigenvalue weighted by molar-refractivity contribution is 0.137. The molecule has 2 aromatic rings. The Hall–Kier alpha value is -1.68. The van der Waals surface area contributed by atoms with Crippen molar-refractivity contribution in [3.05, 3.63) is 54.4 Å². The van der Waals surface area contributed by atoms with Gasteiger partial charge in [0, 0.05) is 37.5 Å². The fraction of sp³-hybridized carbons (Fsp3) is 0.450. The fourth-order valence-corrected chi connectivity index (χ4v) is 5.64. The van der Waals surface area contributed by atoms with Crippen molar-refractivity contribution in [2.24, 2.45) is 0 Å². The van der Waals surface area contributed by atoms with Crippen LogP contribution in [0.1, 0.15) is 43.5 Å². The standard InChI is InChI=1S/C20H27N2O3P/c1-22(2)17-8-10-19(11-9-17)26(24,25-18-6-4-3-5-7-18)20(23)16-12-14-21-15-13-16/h8-15,18,20,23H,3-7H2,1-2H3/t20-,26-/m1/s1. The zero-order valence-electron chi connectivity index (χ0n) is 15.4. The van der Waals surface area contributed by atoms with E-state index in [0.717, 1.165) is 31.4 Å². The number of rotatable bonds is 6. The van der Waals surface area contributed by atoms with Crippen LogP contribution in [0.3, 0.4) is 0 Å². The average molecular weight is 374 g/mol. The van der Waals surface area contributed by atoms with Crippen LogP contribution >= 0.6 is 7.37 Å². The van der Waals surface area contributed by atoms with Gasteiger partial charge in [-0.3, -0.25) is 9.55 Å². The summed E-state index contributed by atoms with van der Waals surface area (Å²) in [6.45, 7) is 0. The molecule has 1 aromatic heterocycles.